The number of amides is 1. The second-order valence-electron chi connectivity index (χ2n) is 5.75. The van der Waals surface area contributed by atoms with Crippen molar-refractivity contribution in [1.29, 1.82) is 0 Å². The first-order chi connectivity index (χ1) is 8.44. The van der Waals surface area contributed by atoms with Gasteiger partial charge >= 0.3 is 6.09 Å². The van der Waals surface area contributed by atoms with Crippen LogP contribution in [0.5, 0.6) is 0 Å². The fourth-order valence-electron chi connectivity index (χ4n) is 2.12. The summed E-state index contributed by atoms with van der Waals surface area (Å²) in [6, 6.07) is 0.181. The average molecular weight is 258 g/mol. The lowest BCUT2D eigenvalue weighted by atomic mass is 10.0. The van der Waals surface area contributed by atoms with Crippen LogP contribution in [0, 0.1) is 0 Å². The summed E-state index contributed by atoms with van der Waals surface area (Å²) in [7, 11) is 0. The molecule has 1 saturated heterocycles. The molecular formula is C13H26N2O3. The molecule has 5 heteroatoms. The predicted octanol–water partition coefficient (Wildman–Crippen LogP) is 1.36. The van der Waals surface area contributed by atoms with Crippen LogP contribution in [0.15, 0.2) is 0 Å². The molecule has 1 amide bonds. The summed E-state index contributed by atoms with van der Waals surface area (Å²) in [5.74, 6) is 0. The Bertz CT molecular complexity index is 263. The second kappa shape index (κ2) is 6.95. The van der Waals surface area contributed by atoms with Crippen molar-refractivity contribution in [3.8, 4) is 0 Å². The highest BCUT2D eigenvalue weighted by molar-refractivity contribution is 5.68. The Balaban J connectivity index is 2.50. The molecule has 0 aromatic heterocycles. The Labute approximate surface area is 109 Å². The normalized spacial score (nSPS) is 20.9. The molecule has 1 aliphatic rings. The summed E-state index contributed by atoms with van der Waals surface area (Å²) in [5, 5.41) is 11.9. The zero-order valence-corrected chi connectivity index (χ0v) is 11.7. The van der Waals surface area contributed by atoms with Gasteiger partial charge in [0, 0.05) is 25.7 Å². The summed E-state index contributed by atoms with van der Waals surface area (Å²) in [4.78, 5) is 13.9. The van der Waals surface area contributed by atoms with Gasteiger partial charge in [-0.15, -0.1) is 0 Å². The molecule has 0 aromatic carbocycles. The molecule has 5 nitrogen and oxygen atoms in total. The molecule has 18 heavy (non-hydrogen) atoms. The third kappa shape index (κ3) is 5.23. The van der Waals surface area contributed by atoms with E-state index in [4.69, 9.17) is 9.84 Å². The van der Waals surface area contributed by atoms with E-state index < -0.39 is 5.60 Å². The largest absolute Gasteiger partial charge is 0.444 e. The van der Waals surface area contributed by atoms with E-state index in [2.05, 4.69) is 5.32 Å². The van der Waals surface area contributed by atoms with Gasteiger partial charge in [-0.05, 0) is 40.0 Å². The Hall–Kier alpha value is -0.810. The molecule has 0 bridgehead atoms. The van der Waals surface area contributed by atoms with Crippen LogP contribution in [0.4, 0.5) is 4.79 Å². The fourth-order valence-corrected chi connectivity index (χ4v) is 2.12. The molecule has 0 radical (unpaired) electrons. The average Bonchev–Trinajstić information content (AvgIpc) is 2.27. The number of aliphatic hydroxyl groups is 1. The summed E-state index contributed by atoms with van der Waals surface area (Å²) in [5.41, 5.74) is -0.447. The third-order valence-electron chi connectivity index (χ3n) is 2.92. The number of carbonyl (C=O) groups is 1. The van der Waals surface area contributed by atoms with Crippen LogP contribution in [0.1, 0.15) is 40.0 Å². The quantitative estimate of drug-likeness (QED) is 0.747. The number of rotatable bonds is 4. The maximum Gasteiger partial charge on any atom is 0.410 e. The maximum atomic E-state index is 12.1. The molecule has 1 heterocycles. The summed E-state index contributed by atoms with van der Waals surface area (Å²) in [6.07, 6.45) is 2.95. The van der Waals surface area contributed by atoms with Crippen LogP contribution in [-0.4, -0.2) is 54.0 Å². The number of hydrogen-bond acceptors (Lipinski definition) is 4. The number of piperidine rings is 1. The van der Waals surface area contributed by atoms with E-state index in [1.165, 1.54) is 0 Å². The van der Waals surface area contributed by atoms with Crippen LogP contribution < -0.4 is 5.32 Å². The van der Waals surface area contributed by atoms with Gasteiger partial charge in [-0.25, -0.2) is 4.79 Å². The molecule has 0 aromatic rings. The smallest absolute Gasteiger partial charge is 0.410 e. The summed E-state index contributed by atoms with van der Waals surface area (Å²) >= 11 is 0. The fraction of sp³-hybridized carbons (Fsp3) is 0.923. The third-order valence-corrected chi connectivity index (χ3v) is 2.92. The minimum Gasteiger partial charge on any atom is -0.444 e. The molecule has 0 aliphatic carbocycles. The number of nitrogens with zero attached hydrogens (tertiary/aromatic N) is 1. The highest BCUT2D eigenvalue weighted by Crippen LogP contribution is 2.19. The molecule has 0 unspecified atom stereocenters. The van der Waals surface area contributed by atoms with Crippen molar-refractivity contribution in [3.05, 3.63) is 0 Å². The van der Waals surface area contributed by atoms with Crippen molar-refractivity contribution in [1.82, 2.24) is 10.2 Å². The topological polar surface area (TPSA) is 61.8 Å². The highest BCUT2D eigenvalue weighted by atomic mass is 16.6. The van der Waals surface area contributed by atoms with Gasteiger partial charge in [0.1, 0.15) is 5.60 Å². The van der Waals surface area contributed by atoms with Gasteiger partial charge in [0.05, 0.1) is 6.61 Å². The number of carbonyl (C=O) groups excluding carboxylic acids is 1. The minimum atomic E-state index is -0.447. The van der Waals surface area contributed by atoms with Gasteiger partial charge in [-0.3, -0.25) is 0 Å². The van der Waals surface area contributed by atoms with Crippen molar-refractivity contribution in [2.45, 2.75) is 51.7 Å². The van der Waals surface area contributed by atoms with E-state index >= 15 is 0 Å². The first-order valence-electron chi connectivity index (χ1n) is 6.75. The SMILES string of the molecule is CC(C)(C)OC(=O)N1CCCC[C@H]1CNCCO. The zero-order chi connectivity index (χ0) is 13.6. The monoisotopic (exact) mass is 258 g/mol. The molecule has 2 N–H and O–H groups in total. The second-order valence-corrected chi connectivity index (χ2v) is 5.75. The lowest BCUT2D eigenvalue weighted by Crippen LogP contribution is -2.50. The molecule has 1 rings (SSSR count). The minimum absolute atomic E-state index is 0.124. The van der Waals surface area contributed by atoms with E-state index in [-0.39, 0.29) is 18.7 Å². The Morgan fingerprint density at radius 1 is 1.44 bits per heavy atom. The molecule has 0 spiro atoms. The summed E-state index contributed by atoms with van der Waals surface area (Å²) in [6.45, 7) is 7.83. The van der Waals surface area contributed by atoms with Gasteiger partial charge in [-0.2, -0.15) is 0 Å². The van der Waals surface area contributed by atoms with Crippen molar-refractivity contribution >= 4 is 6.09 Å². The van der Waals surface area contributed by atoms with Gasteiger partial charge in [-0.1, -0.05) is 0 Å². The van der Waals surface area contributed by atoms with Crippen molar-refractivity contribution in [3.63, 3.8) is 0 Å². The molecule has 1 fully saturated rings. The van der Waals surface area contributed by atoms with Crippen molar-refractivity contribution in [2.75, 3.05) is 26.2 Å². The number of aliphatic hydroxyl groups excluding tert-OH is 1. The van der Waals surface area contributed by atoms with Gasteiger partial charge in [0.2, 0.25) is 0 Å². The van der Waals surface area contributed by atoms with Crippen molar-refractivity contribution in [2.24, 2.45) is 0 Å². The zero-order valence-electron chi connectivity index (χ0n) is 11.7. The number of nitrogens with one attached hydrogen (secondary N) is 1. The maximum absolute atomic E-state index is 12.1. The Kier molecular flexibility index (Phi) is 5.88. The van der Waals surface area contributed by atoms with E-state index in [9.17, 15) is 4.79 Å². The molecule has 1 atom stereocenters. The highest BCUT2D eigenvalue weighted by Gasteiger charge is 2.29. The van der Waals surface area contributed by atoms with Crippen LogP contribution in [0.2, 0.25) is 0 Å². The van der Waals surface area contributed by atoms with E-state index in [0.717, 1.165) is 32.4 Å². The standard InChI is InChI=1S/C13H26N2O3/c1-13(2,3)18-12(17)15-8-5-4-6-11(15)10-14-7-9-16/h11,14,16H,4-10H2,1-3H3/t11-/m0/s1. The van der Waals surface area contributed by atoms with Crippen molar-refractivity contribution < 1.29 is 14.6 Å². The van der Waals surface area contributed by atoms with E-state index in [1.54, 1.807) is 0 Å². The first kappa shape index (κ1) is 15.2. The molecule has 1 aliphatic heterocycles. The van der Waals surface area contributed by atoms with Crippen LogP contribution in [-0.2, 0) is 4.74 Å². The van der Waals surface area contributed by atoms with Gasteiger partial charge < -0.3 is 20.1 Å². The van der Waals surface area contributed by atoms with Crippen LogP contribution >= 0.6 is 0 Å². The Morgan fingerprint density at radius 2 is 2.17 bits per heavy atom. The number of likely N-dealkylation sites (tertiary alicyclic amines) is 1. The molecule has 106 valence electrons. The first-order valence-corrected chi connectivity index (χ1v) is 6.75. The van der Waals surface area contributed by atoms with Crippen LogP contribution in [0.3, 0.4) is 0 Å². The number of hydrogen-bond donors (Lipinski definition) is 2. The van der Waals surface area contributed by atoms with Gasteiger partial charge in [0.15, 0.2) is 0 Å². The molecule has 0 saturated carbocycles. The van der Waals surface area contributed by atoms with E-state index in [1.807, 2.05) is 25.7 Å². The van der Waals surface area contributed by atoms with E-state index in [0.29, 0.717) is 6.54 Å². The van der Waals surface area contributed by atoms with Crippen LogP contribution in [0.25, 0.3) is 0 Å². The Morgan fingerprint density at radius 3 is 2.78 bits per heavy atom. The summed E-state index contributed by atoms with van der Waals surface area (Å²) < 4.78 is 5.42. The molecular weight excluding hydrogens is 232 g/mol. The lowest BCUT2D eigenvalue weighted by Gasteiger charge is -2.36. The number of ether oxygens (including phenoxy) is 1. The predicted molar refractivity (Wildman–Crippen MR) is 70.5 cm³/mol. The van der Waals surface area contributed by atoms with Gasteiger partial charge in [0.25, 0.3) is 0 Å². The lowest BCUT2D eigenvalue weighted by molar-refractivity contribution is 0.00991.